The van der Waals surface area contributed by atoms with Crippen molar-refractivity contribution in [2.24, 2.45) is 0 Å². The molecule has 6 heteroatoms. The molecule has 0 aliphatic carbocycles. The topological polar surface area (TPSA) is 44.1 Å². The summed E-state index contributed by atoms with van der Waals surface area (Å²) in [5.74, 6) is -0.0434. The maximum absolute atomic E-state index is 12.6. The number of nitrogens with zero attached hydrogens (tertiary/aromatic N) is 2. The van der Waals surface area contributed by atoms with Crippen molar-refractivity contribution in [1.29, 1.82) is 0 Å². The van der Waals surface area contributed by atoms with Crippen LogP contribution in [0.25, 0.3) is 0 Å². The van der Waals surface area contributed by atoms with Crippen LogP contribution in [0.15, 0.2) is 39.8 Å². The lowest BCUT2D eigenvalue weighted by Crippen LogP contribution is -2.14. The Hall–Kier alpha value is -1.11. The molecule has 0 bridgehead atoms. The zero-order valence-electron chi connectivity index (χ0n) is 11.3. The molecule has 1 heterocycles. The maximum atomic E-state index is 12.6. The van der Waals surface area contributed by atoms with E-state index in [1.54, 1.807) is 29.8 Å². The van der Waals surface area contributed by atoms with Crippen molar-refractivity contribution in [2.45, 2.75) is 11.4 Å². The first-order chi connectivity index (χ1) is 9.67. The molecule has 0 fully saturated rings. The van der Waals surface area contributed by atoms with E-state index in [9.17, 15) is 4.79 Å². The highest BCUT2D eigenvalue weighted by Gasteiger charge is 2.18. The Kier molecular flexibility index (Phi) is 5.39. The van der Waals surface area contributed by atoms with Crippen molar-refractivity contribution < 1.29 is 9.53 Å². The van der Waals surface area contributed by atoms with Crippen LogP contribution in [0, 0.1) is 0 Å². The van der Waals surface area contributed by atoms with Gasteiger partial charge in [-0.3, -0.25) is 9.48 Å². The molecule has 0 radical (unpaired) electrons. The van der Waals surface area contributed by atoms with E-state index < -0.39 is 0 Å². The Balaban J connectivity index is 2.29. The highest BCUT2D eigenvalue weighted by atomic mass is 79.9. The van der Waals surface area contributed by atoms with Gasteiger partial charge in [0, 0.05) is 17.6 Å². The van der Waals surface area contributed by atoms with Gasteiger partial charge in [-0.1, -0.05) is 0 Å². The molecule has 0 aliphatic rings. The van der Waals surface area contributed by atoms with Gasteiger partial charge in [0.15, 0.2) is 0 Å². The second-order valence-electron chi connectivity index (χ2n) is 4.11. The van der Waals surface area contributed by atoms with Crippen LogP contribution in [0.3, 0.4) is 0 Å². The van der Waals surface area contributed by atoms with Gasteiger partial charge in [0.1, 0.15) is 5.69 Å². The first-order valence-corrected chi connectivity index (χ1v) is 8.08. The van der Waals surface area contributed by atoms with Gasteiger partial charge in [0.05, 0.1) is 23.8 Å². The molecule has 0 aliphatic heterocycles. The minimum absolute atomic E-state index is 0.0434. The normalized spacial score (nSPS) is 10.8. The van der Waals surface area contributed by atoms with Gasteiger partial charge in [0.25, 0.3) is 0 Å². The summed E-state index contributed by atoms with van der Waals surface area (Å²) in [5.41, 5.74) is 1.21. The molecule has 2 rings (SSSR count). The third-order valence-electron chi connectivity index (χ3n) is 2.87. The summed E-state index contributed by atoms with van der Waals surface area (Å²) >= 11 is 5.04. The Morgan fingerprint density at radius 3 is 2.70 bits per heavy atom. The molecule has 1 aromatic heterocycles. The average molecular weight is 355 g/mol. The fraction of sp³-hybridized carbons (Fsp3) is 0.286. The van der Waals surface area contributed by atoms with E-state index in [2.05, 4.69) is 21.0 Å². The number of rotatable bonds is 6. The van der Waals surface area contributed by atoms with Crippen molar-refractivity contribution in [2.75, 3.05) is 20.0 Å². The van der Waals surface area contributed by atoms with Crippen molar-refractivity contribution in [3.05, 3.63) is 46.2 Å². The second-order valence-corrected chi connectivity index (χ2v) is 5.85. The highest BCUT2D eigenvalue weighted by Crippen LogP contribution is 2.21. The number of hydrogen-bond donors (Lipinski definition) is 0. The SMILES string of the molecule is COCCn1ncc(Br)c1C(=O)c1ccc(SC)cc1. The van der Waals surface area contributed by atoms with Crippen LogP contribution in [0.2, 0.25) is 0 Å². The maximum Gasteiger partial charge on any atom is 0.212 e. The Bertz CT molecular complexity index is 596. The lowest BCUT2D eigenvalue weighted by molar-refractivity contribution is 0.102. The predicted molar refractivity (Wildman–Crippen MR) is 83.5 cm³/mol. The van der Waals surface area contributed by atoms with Gasteiger partial charge in [-0.15, -0.1) is 11.8 Å². The number of benzene rings is 1. The minimum atomic E-state index is -0.0434. The molecule has 2 aromatic rings. The second kappa shape index (κ2) is 7.06. The number of carbonyl (C=O) groups excluding carboxylic acids is 1. The first-order valence-electron chi connectivity index (χ1n) is 6.06. The molecule has 0 N–H and O–H groups in total. The zero-order valence-corrected chi connectivity index (χ0v) is 13.7. The number of halogens is 1. The van der Waals surface area contributed by atoms with Gasteiger partial charge in [-0.2, -0.15) is 5.10 Å². The van der Waals surface area contributed by atoms with Gasteiger partial charge in [-0.25, -0.2) is 0 Å². The van der Waals surface area contributed by atoms with E-state index in [0.29, 0.717) is 28.9 Å². The van der Waals surface area contributed by atoms with Crippen LogP contribution in [-0.2, 0) is 11.3 Å². The van der Waals surface area contributed by atoms with E-state index in [1.165, 1.54) is 0 Å². The first kappa shape index (κ1) is 15.3. The molecular weight excluding hydrogens is 340 g/mol. The number of carbonyl (C=O) groups is 1. The van der Waals surface area contributed by atoms with E-state index >= 15 is 0 Å². The van der Waals surface area contributed by atoms with Crippen LogP contribution in [-0.4, -0.2) is 35.5 Å². The van der Waals surface area contributed by atoms with Crippen LogP contribution < -0.4 is 0 Å². The Morgan fingerprint density at radius 1 is 1.40 bits per heavy atom. The number of ether oxygens (including phenoxy) is 1. The fourth-order valence-corrected chi connectivity index (χ4v) is 2.70. The summed E-state index contributed by atoms with van der Waals surface area (Å²) in [6, 6.07) is 7.58. The van der Waals surface area contributed by atoms with E-state index in [0.717, 1.165) is 4.90 Å². The molecule has 0 unspecified atom stereocenters. The van der Waals surface area contributed by atoms with Crippen LogP contribution in [0.5, 0.6) is 0 Å². The molecular formula is C14H15BrN2O2S. The number of hydrogen-bond acceptors (Lipinski definition) is 4. The van der Waals surface area contributed by atoms with Gasteiger partial charge in [0.2, 0.25) is 5.78 Å². The van der Waals surface area contributed by atoms with Gasteiger partial charge in [-0.05, 0) is 46.5 Å². The predicted octanol–water partition coefficient (Wildman–Crippen LogP) is 3.24. The fourth-order valence-electron chi connectivity index (χ4n) is 1.81. The largest absolute Gasteiger partial charge is 0.383 e. The molecule has 0 saturated heterocycles. The zero-order chi connectivity index (χ0) is 14.5. The Morgan fingerprint density at radius 2 is 2.10 bits per heavy atom. The molecule has 106 valence electrons. The van der Waals surface area contributed by atoms with E-state index in [1.807, 2.05) is 30.5 Å². The van der Waals surface area contributed by atoms with Crippen molar-refractivity contribution in [1.82, 2.24) is 9.78 Å². The molecule has 0 saturated carbocycles. The molecule has 4 nitrogen and oxygen atoms in total. The molecule has 0 spiro atoms. The smallest absolute Gasteiger partial charge is 0.212 e. The molecule has 20 heavy (non-hydrogen) atoms. The average Bonchev–Trinajstić information content (AvgIpc) is 2.85. The van der Waals surface area contributed by atoms with Crippen LogP contribution in [0.4, 0.5) is 0 Å². The van der Waals surface area contributed by atoms with Crippen molar-refractivity contribution in [3.8, 4) is 0 Å². The summed E-state index contributed by atoms with van der Waals surface area (Å²) in [6.45, 7) is 1.06. The number of aromatic nitrogens is 2. The van der Waals surface area contributed by atoms with Crippen LogP contribution in [0.1, 0.15) is 16.1 Å². The molecule has 0 amide bonds. The van der Waals surface area contributed by atoms with Crippen molar-refractivity contribution >= 4 is 33.5 Å². The quantitative estimate of drug-likeness (QED) is 0.589. The summed E-state index contributed by atoms with van der Waals surface area (Å²) < 4.78 is 7.40. The number of methoxy groups -OCH3 is 1. The third-order valence-corrected chi connectivity index (χ3v) is 4.19. The lowest BCUT2D eigenvalue weighted by Gasteiger charge is -2.07. The number of thioether (sulfide) groups is 1. The highest BCUT2D eigenvalue weighted by molar-refractivity contribution is 9.10. The lowest BCUT2D eigenvalue weighted by atomic mass is 10.1. The minimum Gasteiger partial charge on any atom is -0.383 e. The van der Waals surface area contributed by atoms with E-state index in [4.69, 9.17) is 4.74 Å². The Labute approximate surface area is 130 Å². The molecule has 1 aromatic carbocycles. The summed E-state index contributed by atoms with van der Waals surface area (Å²) in [4.78, 5) is 13.7. The number of ketones is 1. The monoisotopic (exact) mass is 354 g/mol. The van der Waals surface area contributed by atoms with Crippen molar-refractivity contribution in [3.63, 3.8) is 0 Å². The third kappa shape index (κ3) is 3.31. The van der Waals surface area contributed by atoms with Gasteiger partial charge >= 0.3 is 0 Å². The van der Waals surface area contributed by atoms with Gasteiger partial charge < -0.3 is 4.74 Å². The summed E-state index contributed by atoms with van der Waals surface area (Å²) in [7, 11) is 1.63. The van der Waals surface area contributed by atoms with E-state index in [-0.39, 0.29) is 5.78 Å². The summed E-state index contributed by atoms with van der Waals surface area (Å²) in [6.07, 6.45) is 3.65. The molecule has 0 atom stereocenters. The standard InChI is InChI=1S/C14H15BrN2O2S/c1-19-8-7-17-13(12(15)9-16-17)14(18)10-3-5-11(20-2)6-4-10/h3-6,9H,7-8H2,1-2H3. The summed E-state index contributed by atoms with van der Waals surface area (Å²) in [5, 5.41) is 4.20. The van der Waals surface area contributed by atoms with Crippen LogP contribution >= 0.6 is 27.7 Å².